The Kier molecular flexibility index (Phi) is 5.30. The van der Waals surface area contributed by atoms with E-state index in [4.69, 9.17) is 0 Å². The zero-order chi connectivity index (χ0) is 21.0. The molecule has 0 aliphatic carbocycles. The standard InChI is InChI=1S/C22H15F3N4O/c23-22(24,25)30-18-8-6-17(7-9-18)27-20-14-19(15-4-2-1-3-5-15)28-21(29-20)16-10-12-26-13-11-16/h1-14H,(H,27,28,29). The zero-order valence-corrected chi connectivity index (χ0v) is 15.5. The van der Waals surface area contributed by atoms with Crippen LogP contribution < -0.4 is 10.1 Å². The highest BCUT2D eigenvalue weighted by molar-refractivity contribution is 5.69. The lowest BCUT2D eigenvalue weighted by atomic mass is 10.1. The lowest BCUT2D eigenvalue weighted by Crippen LogP contribution is -2.16. The molecule has 0 saturated carbocycles. The Balaban J connectivity index is 1.67. The number of anilines is 2. The van der Waals surface area contributed by atoms with Gasteiger partial charge in [-0.05, 0) is 36.4 Å². The van der Waals surface area contributed by atoms with Gasteiger partial charge in [0.2, 0.25) is 0 Å². The summed E-state index contributed by atoms with van der Waals surface area (Å²) in [6, 6.07) is 20.4. The molecule has 0 spiro atoms. The second-order valence-corrected chi connectivity index (χ2v) is 6.26. The zero-order valence-electron chi connectivity index (χ0n) is 15.5. The Bertz CT molecular complexity index is 1060. The molecule has 0 saturated heterocycles. The van der Waals surface area contributed by atoms with E-state index < -0.39 is 6.36 Å². The highest BCUT2D eigenvalue weighted by Gasteiger charge is 2.30. The number of pyridine rings is 1. The fourth-order valence-electron chi connectivity index (χ4n) is 2.79. The Labute approximate surface area is 170 Å². The number of nitrogens with zero attached hydrogens (tertiary/aromatic N) is 3. The summed E-state index contributed by atoms with van der Waals surface area (Å²) in [6.45, 7) is 0. The van der Waals surface area contributed by atoms with E-state index in [0.717, 1.165) is 11.1 Å². The maximum atomic E-state index is 12.3. The van der Waals surface area contributed by atoms with Crippen LogP contribution in [-0.2, 0) is 0 Å². The van der Waals surface area contributed by atoms with Crippen molar-refractivity contribution in [2.45, 2.75) is 6.36 Å². The molecule has 2 aromatic heterocycles. The number of nitrogens with one attached hydrogen (secondary N) is 1. The highest BCUT2D eigenvalue weighted by atomic mass is 19.4. The van der Waals surface area contributed by atoms with Crippen molar-refractivity contribution in [3.63, 3.8) is 0 Å². The van der Waals surface area contributed by atoms with E-state index in [0.29, 0.717) is 23.0 Å². The summed E-state index contributed by atoms with van der Waals surface area (Å²) in [5.41, 5.74) is 2.96. The fraction of sp³-hybridized carbons (Fsp3) is 0.0455. The Morgan fingerprint density at radius 1 is 0.767 bits per heavy atom. The van der Waals surface area contributed by atoms with Crippen LogP contribution in [0, 0.1) is 0 Å². The molecule has 30 heavy (non-hydrogen) atoms. The van der Waals surface area contributed by atoms with Gasteiger partial charge in [-0.25, -0.2) is 9.97 Å². The molecule has 1 N–H and O–H groups in total. The lowest BCUT2D eigenvalue weighted by Gasteiger charge is -2.12. The van der Waals surface area contributed by atoms with E-state index in [9.17, 15) is 13.2 Å². The van der Waals surface area contributed by atoms with Gasteiger partial charge in [0, 0.05) is 35.3 Å². The fourth-order valence-corrected chi connectivity index (χ4v) is 2.79. The maximum absolute atomic E-state index is 12.3. The Morgan fingerprint density at radius 2 is 1.47 bits per heavy atom. The number of aromatic nitrogens is 3. The van der Waals surface area contributed by atoms with Gasteiger partial charge in [-0.15, -0.1) is 13.2 Å². The Morgan fingerprint density at radius 3 is 2.13 bits per heavy atom. The third kappa shape index (κ3) is 4.91. The van der Waals surface area contributed by atoms with Crippen LogP contribution in [0.4, 0.5) is 24.7 Å². The molecule has 150 valence electrons. The second-order valence-electron chi connectivity index (χ2n) is 6.26. The van der Waals surface area contributed by atoms with E-state index in [1.807, 2.05) is 30.3 Å². The summed E-state index contributed by atoms with van der Waals surface area (Å²) in [6.07, 6.45) is -1.42. The van der Waals surface area contributed by atoms with E-state index in [2.05, 4.69) is 25.0 Å². The molecule has 0 bridgehead atoms. The molecule has 0 radical (unpaired) electrons. The predicted octanol–water partition coefficient (Wildman–Crippen LogP) is 5.85. The van der Waals surface area contributed by atoms with Crippen molar-refractivity contribution in [1.82, 2.24) is 15.0 Å². The summed E-state index contributed by atoms with van der Waals surface area (Å²) in [5, 5.41) is 3.11. The summed E-state index contributed by atoms with van der Waals surface area (Å²) in [4.78, 5) is 13.2. The third-order valence-electron chi connectivity index (χ3n) is 4.09. The molecule has 0 amide bonds. The molecule has 2 heterocycles. The van der Waals surface area contributed by atoms with Crippen LogP contribution in [0.1, 0.15) is 0 Å². The number of hydrogen-bond acceptors (Lipinski definition) is 5. The molecule has 0 atom stereocenters. The number of rotatable bonds is 5. The quantitative estimate of drug-likeness (QED) is 0.449. The first kappa shape index (κ1) is 19.4. The van der Waals surface area contributed by atoms with Gasteiger partial charge in [0.15, 0.2) is 5.82 Å². The molecule has 0 aliphatic rings. The monoisotopic (exact) mass is 408 g/mol. The average Bonchev–Trinajstić information content (AvgIpc) is 2.75. The van der Waals surface area contributed by atoms with E-state index >= 15 is 0 Å². The van der Waals surface area contributed by atoms with Crippen molar-refractivity contribution in [2.24, 2.45) is 0 Å². The van der Waals surface area contributed by atoms with Gasteiger partial charge in [0.25, 0.3) is 0 Å². The van der Waals surface area contributed by atoms with Crippen LogP contribution >= 0.6 is 0 Å². The first-order valence-electron chi connectivity index (χ1n) is 8.94. The molecule has 4 rings (SSSR count). The number of alkyl halides is 3. The lowest BCUT2D eigenvalue weighted by molar-refractivity contribution is -0.274. The molecule has 2 aromatic carbocycles. The number of halogens is 3. The van der Waals surface area contributed by atoms with Crippen molar-refractivity contribution in [3.8, 4) is 28.4 Å². The molecule has 5 nitrogen and oxygen atoms in total. The molecule has 0 unspecified atom stereocenters. The van der Waals surface area contributed by atoms with Gasteiger partial charge in [0.05, 0.1) is 5.69 Å². The van der Waals surface area contributed by atoms with Gasteiger partial charge < -0.3 is 10.1 Å². The van der Waals surface area contributed by atoms with Gasteiger partial charge in [-0.1, -0.05) is 30.3 Å². The van der Waals surface area contributed by atoms with E-state index in [-0.39, 0.29) is 5.75 Å². The third-order valence-corrected chi connectivity index (χ3v) is 4.09. The van der Waals surface area contributed by atoms with E-state index in [1.54, 1.807) is 30.6 Å². The van der Waals surface area contributed by atoms with Crippen molar-refractivity contribution in [3.05, 3.63) is 85.2 Å². The minimum Gasteiger partial charge on any atom is -0.406 e. The largest absolute Gasteiger partial charge is 0.573 e. The van der Waals surface area contributed by atoms with Crippen LogP contribution in [0.3, 0.4) is 0 Å². The van der Waals surface area contributed by atoms with Crippen LogP contribution in [0.5, 0.6) is 5.75 Å². The first-order chi connectivity index (χ1) is 14.5. The maximum Gasteiger partial charge on any atom is 0.573 e. The number of benzene rings is 2. The van der Waals surface area contributed by atoms with E-state index in [1.165, 1.54) is 24.3 Å². The topological polar surface area (TPSA) is 59.9 Å². The normalized spacial score (nSPS) is 11.2. The summed E-state index contributed by atoms with van der Waals surface area (Å²) >= 11 is 0. The SMILES string of the molecule is FC(F)(F)Oc1ccc(Nc2cc(-c3ccccc3)nc(-c3ccncc3)n2)cc1. The predicted molar refractivity (Wildman–Crippen MR) is 107 cm³/mol. The molecule has 8 heteroatoms. The van der Waals surface area contributed by atoms with Gasteiger partial charge in [0.1, 0.15) is 11.6 Å². The minimum atomic E-state index is -4.73. The van der Waals surface area contributed by atoms with Gasteiger partial charge >= 0.3 is 6.36 Å². The smallest absolute Gasteiger partial charge is 0.406 e. The van der Waals surface area contributed by atoms with Gasteiger partial charge in [-0.3, -0.25) is 4.98 Å². The first-order valence-corrected chi connectivity index (χ1v) is 8.94. The number of hydrogen-bond donors (Lipinski definition) is 1. The van der Waals surface area contributed by atoms with Gasteiger partial charge in [-0.2, -0.15) is 0 Å². The van der Waals surface area contributed by atoms with Crippen molar-refractivity contribution in [1.29, 1.82) is 0 Å². The van der Waals surface area contributed by atoms with Crippen LogP contribution in [0.2, 0.25) is 0 Å². The molecule has 4 aromatic rings. The van der Waals surface area contributed by atoms with Crippen molar-refractivity contribution in [2.75, 3.05) is 5.32 Å². The van der Waals surface area contributed by atoms with Crippen LogP contribution in [0.25, 0.3) is 22.6 Å². The average molecular weight is 408 g/mol. The summed E-state index contributed by atoms with van der Waals surface area (Å²) in [5.74, 6) is 0.705. The van der Waals surface area contributed by atoms with Crippen molar-refractivity contribution >= 4 is 11.5 Å². The molecule has 0 fully saturated rings. The van der Waals surface area contributed by atoms with Crippen LogP contribution in [-0.4, -0.2) is 21.3 Å². The highest BCUT2D eigenvalue weighted by Crippen LogP contribution is 2.28. The molecule has 0 aliphatic heterocycles. The van der Waals surface area contributed by atoms with Crippen LogP contribution in [0.15, 0.2) is 85.2 Å². The summed E-state index contributed by atoms with van der Waals surface area (Å²) in [7, 11) is 0. The Hall–Kier alpha value is -3.94. The summed E-state index contributed by atoms with van der Waals surface area (Å²) < 4.78 is 40.9. The minimum absolute atomic E-state index is 0.293. The van der Waals surface area contributed by atoms with Crippen molar-refractivity contribution < 1.29 is 17.9 Å². The molecular formula is C22H15F3N4O. The molecular weight excluding hydrogens is 393 g/mol. The number of ether oxygens (including phenoxy) is 1. The second kappa shape index (κ2) is 8.20.